The van der Waals surface area contributed by atoms with Crippen LogP contribution in [0.3, 0.4) is 0 Å². The molecule has 0 aliphatic heterocycles. The fourth-order valence-electron chi connectivity index (χ4n) is 3.01. The molecule has 0 aromatic rings. The van der Waals surface area contributed by atoms with E-state index in [1.165, 1.54) is 19.3 Å². The van der Waals surface area contributed by atoms with Gasteiger partial charge in [0.15, 0.2) is 0 Å². The first-order valence-corrected chi connectivity index (χ1v) is 8.13. The second-order valence-electron chi connectivity index (χ2n) is 5.63. The van der Waals surface area contributed by atoms with Crippen LogP contribution in [0, 0.1) is 11.8 Å². The monoisotopic (exact) mass is 317 g/mol. The van der Waals surface area contributed by atoms with Crippen molar-refractivity contribution in [1.82, 2.24) is 5.32 Å². The van der Waals surface area contributed by atoms with Gasteiger partial charge in [-0.1, -0.05) is 22.4 Å². The first-order valence-electron chi connectivity index (χ1n) is 7.21. The maximum atomic E-state index is 11.8. The molecule has 2 atom stereocenters. The van der Waals surface area contributed by atoms with Gasteiger partial charge >= 0.3 is 0 Å². The van der Waals surface area contributed by atoms with E-state index in [1.54, 1.807) is 0 Å². The summed E-state index contributed by atoms with van der Waals surface area (Å²) in [6, 6.07) is 0. The summed E-state index contributed by atoms with van der Waals surface area (Å²) in [5.74, 6) is 1.40. The standard InChI is InChI=1S/C14H24BrNO2/c1-2-18-12-6-10(7-12)8-14(17)16-9-11-4-3-5-13(11)15/h10-13H,2-9H2,1H3,(H,16,17). The van der Waals surface area contributed by atoms with Gasteiger partial charge in [0.2, 0.25) is 5.91 Å². The Balaban J connectivity index is 1.56. The van der Waals surface area contributed by atoms with Crippen molar-refractivity contribution < 1.29 is 9.53 Å². The normalized spacial score (nSPS) is 35.2. The van der Waals surface area contributed by atoms with E-state index in [0.29, 0.717) is 29.2 Å². The Bertz CT molecular complexity index is 279. The van der Waals surface area contributed by atoms with Gasteiger partial charge in [0.1, 0.15) is 0 Å². The van der Waals surface area contributed by atoms with E-state index in [-0.39, 0.29) is 5.91 Å². The first kappa shape index (κ1) is 14.3. The van der Waals surface area contributed by atoms with Crippen molar-refractivity contribution in [1.29, 1.82) is 0 Å². The third kappa shape index (κ3) is 3.95. The van der Waals surface area contributed by atoms with E-state index < -0.39 is 0 Å². The van der Waals surface area contributed by atoms with Crippen LogP contribution in [0.2, 0.25) is 0 Å². The van der Waals surface area contributed by atoms with Crippen LogP contribution >= 0.6 is 15.9 Å². The molecule has 0 saturated heterocycles. The van der Waals surface area contributed by atoms with Crippen LogP contribution in [0.4, 0.5) is 0 Å². The molecule has 2 fully saturated rings. The van der Waals surface area contributed by atoms with Crippen molar-refractivity contribution in [2.75, 3.05) is 13.2 Å². The molecule has 0 heterocycles. The molecule has 2 rings (SSSR count). The molecular formula is C14H24BrNO2. The summed E-state index contributed by atoms with van der Waals surface area (Å²) >= 11 is 3.69. The van der Waals surface area contributed by atoms with Gasteiger partial charge in [0, 0.05) is 24.4 Å². The van der Waals surface area contributed by atoms with Gasteiger partial charge in [-0.2, -0.15) is 0 Å². The smallest absolute Gasteiger partial charge is 0.220 e. The lowest BCUT2D eigenvalue weighted by atomic mass is 9.80. The molecule has 0 radical (unpaired) electrons. The van der Waals surface area contributed by atoms with Crippen LogP contribution < -0.4 is 5.32 Å². The number of carbonyl (C=O) groups excluding carboxylic acids is 1. The van der Waals surface area contributed by atoms with Crippen LogP contribution in [0.15, 0.2) is 0 Å². The summed E-state index contributed by atoms with van der Waals surface area (Å²) in [6.07, 6.45) is 7.00. The van der Waals surface area contributed by atoms with Crippen LogP contribution in [-0.2, 0) is 9.53 Å². The molecule has 1 N–H and O–H groups in total. The van der Waals surface area contributed by atoms with Gasteiger partial charge in [-0.3, -0.25) is 4.79 Å². The molecule has 2 aliphatic rings. The molecule has 2 aliphatic carbocycles. The maximum absolute atomic E-state index is 11.8. The fraction of sp³-hybridized carbons (Fsp3) is 0.929. The van der Waals surface area contributed by atoms with Crippen LogP contribution in [0.25, 0.3) is 0 Å². The molecule has 2 unspecified atom stereocenters. The molecule has 1 amide bonds. The molecular weight excluding hydrogens is 294 g/mol. The van der Waals surface area contributed by atoms with Crippen molar-refractivity contribution in [3.8, 4) is 0 Å². The average molecular weight is 318 g/mol. The lowest BCUT2D eigenvalue weighted by molar-refractivity contribution is -0.124. The lowest BCUT2D eigenvalue weighted by Gasteiger charge is -2.34. The van der Waals surface area contributed by atoms with Gasteiger partial charge in [-0.05, 0) is 44.4 Å². The van der Waals surface area contributed by atoms with Crippen LogP contribution in [-0.4, -0.2) is 30.0 Å². The van der Waals surface area contributed by atoms with Gasteiger partial charge < -0.3 is 10.1 Å². The Labute approximate surface area is 118 Å². The summed E-state index contributed by atoms with van der Waals surface area (Å²) in [7, 11) is 0. The molecule has 0 bridgehead atoms. The number of carbonyl (C=O) groups is 1. The highest BCUT2D eigenvalue weighted by Crippen LogP contribution is 2.33. The largest absolute Gasteiger partial charge is 0.378 e. The number of nitrogens with one attached hydrogen (secondary N) is 1. The van der Waals surface area contributed by atoms with Crippen molar-refractivity contribution >= 4 is 21.8 Å². The number of halogens is 1. The Hall–Kier alpha value is -0.0900. The van der Waals surface area contributed by atoms with Gasteiger partial charge in [-0.25, -0.2) is 0 Å². The molecule has 104 valence electrons. The Morgan fingerprint density at radius 3 is 2.78 bits per heavy atom. The van der Waals surface area contributed by atoms with E-state index in [0.717, 1.165) is 26.0 Å². The highest BCUT2D eigenvalue weighted by molar-refractivity contribution is 9.09. The van der Waals surface area contributed by atoms with Gasteiger partial charge in [-0.15, -0.1) is 0 Å². The zero-order valence-electron chi connectivity index (χ0n) is 11.2. The minimum absolute atomic E-state index is 0.224. The maximum Gasteiger partial charge on any atom is 0.220 e. The van der Waals surface area contributed by atoms with E-state index in [1.807, 2.05) is 6.92 Å². The summed E-state index contributed by atoms with van der Waals surface area (Å²) in [6.45, 7) is 3.66. The predicted octanol–water partition coefficient (Wildman–Crippen LogP) is 2.87. The number of amides is 1. The molecule has 4 heteroatoms. The Morgan fingerprint density at radius 2 is 2.17 bits per heavy atom. The van der Waals surface area contributed by atoms with Gasteiger partial charge in [0.05, 0.1) is 6.10 Å². The second-order valence-corrected chi connectivity index (χ2v) is 6.81. The van der Waals surface area contributed by atoms with Crippen molar-refractivity contribution in [3.63, 3.8) is 0 Å². The lowest BCUT2D eigenvalue weighted by Crippen LogP contribution is -2.37. The molecule has 2 saturated carbocycles. The molecule has 3 nitrogen and oxygen atoms in total. The Morgan fingerprint density at radius 1 is 1.39 bits per heavy atom. The highest BCUT2D eigenvalue weighted by Gasteiger charge is 2.31. The summed E-state index contributed by atoms with van der Waals surface area (Å²) in [4.78, 5) is 12.4. The molecule has 0 aromatic carbocycles. The van der Waals surface area contributed by atoms with Crippen molar-refractivity contribution in [2.45, 2.75) is 56.4 Å². The molecule has 0 spiro atoms. The minimum Gasteiger partial charge on any atom is -0.378 e. The predicted molar refractivity (Wildman–Crippen MR) is 75.8 cm³/mol. The number of hydrogen-bond donors (Lipinski definition) is 1. The SMILES string of the molecule is CCOC1CC(CC(=O)NCC2CCCC2Br)C1. The summed E-state index contributed by atoms with van der Waals surface area (Å²) in [5.41, 5.74) is 0. The zero-order chi connectivity index (χ0) is 13.0. The third-order valence-corrected chi connectivity index (χ3v) is 5.40. The number of rotatable bonds is 6. The first-order chi connectivity index (χ1) is 8.69. The quantitative estimate of drug-likeness (QED) is 0.765. The van der Waals surface area contributed by atoms with E-state index in [4.69, 9.17) is 4.74 Å². The van der Waals surface area contributed by atoms with E-state index in [2.05, 4.69) is 21.2 Å². The van der Waals surface area contributed by atoms with Crippen molar-refractivity contribution in [2.24, 2.45) is 11.8 Å². The minimum atomic E-state index is 0.224. The average Bonchev–Trinajstić information content (AvgIpc) is 2.69. The highest BCUT2D eigenvalue weighted by atomic mass is 79.9. The summed E-state index contributed by atoms with van der Waals surface area (Å²) < 4.78 is 5.51. The van der Waals surface area contributed by atoms with Gasteiger partial charge in [0.25, 0.3) is 0 Å². The third-order valence-electron chi connectivity index (χ3n) is 4.20. The molecule has 0 aromatic heterocycles. The van der Waals surface area contributed by atoms with Crippen molar-refractivity contribution in [3.05, 3.63) is 0 Å². The fourth-order valence-corrected chi connectivity index (χ4v) is 3.79. The van der Waals surface area contributed by atoms with Crippen LogP contribution in [0.5, 0.6) is 0 Å². The second kappa shape index (κ2) is 6.90. The number of alkyl halides is 1. The number of ether oxygens (including phenoxy) is 1. The van der Waals surface area contributed by atoms with Crippen LogP contribution in [0.1, 0.15) is 45.4 Å². The van der Waals surface area contributed by atoms with E-state index >= 15 is 0 Å². The zero-order valence-corrected chi connectivity index (χ0v) is 12.7. The Kier molecular flexibility index (Phi) is 5.49. The topological polar surface area (TPSA) is 38.3 Å². The van der Waals surface area contributed by atoms with E-state index in [9.17, 15) is 4.79 Å². The molecule has 18 heavy (non-hydrogen) atoms. The number of hydrogen-bond acceptors (Lipinski definition) is 2. The summed E-state index contributed by atoms with van der Waals surface area (Å²) in [5, 5.41) is 3.09.